The van der Waals surface area contributed by atoms with Gasteiger partial charge in [-0.15, -0.1) is 0 Å². The fourth-order valence-corrected chi connectivity index (χ4v) is 5.68. The fourth-order valence-electron chi connectivity index (χ4n) is 5.68. The first-order valence-electron chi connectivity index (χ1n) is 16.9. The molecule has 3 aromatic carbocycles. The molecule has 272 valence electrons. The van der Waals surface area contributed by atoms with Crippen LogP contribution in [0, 0.1) is 0 Å². The Hall–Kier alpha value is -5.23. The van der Waals surface area contributed by atoms with Crippen molar-refractivity contribution in [3.8, 4) is 0 Å². The van der Waals surface area contributed by atoms with Crippen molar-refractivity contribution < 1.29 is 28.7 Å². The second-order valence-corrected chi connectivity index (χ2v) is 14.0. The van der Waals surface area contributed by atoms with Gasteiger partial charge in [-0.1, -0.05) is 74.2 Å². The van der Waals surface area contributed by atoms with Crippen LogP contribution in [0.5, 0.6) is 0 Å². The van der Waals surface area contributed by atoms with Crippen molar-refractivity contribution in [2.45, 2.75) is 84.7 Å². The van der Waals surface area contributed by atoms with Crippen LogP contribution in [0.3, 0.4) is 0 Å². The van der Waals surface area contributed by atoms with Gasteiger partial charge in [0.25, 0.3) is 5.91 Å². The van der Waals surface area contributed by atoms with Gasteiger partial charge >= 0.3 is 6.09 Å². The molecule has 0 bridgehead atoms. The number of carbonyl (C=O) groups is 4. The summed E-state index contributed by atoms with van der Waals surface area (Å²) in [6.45, 7) is 9.60. The quantitative estimate of drug-likeness (QED) is 0.169. The molecule has 4 amide bonds. The molecule has 4 aromatic rings. The van der Waals surface area contributed by atoms with Crippen LogP contribution in [0.2, 0.25) is 0 Å². The molecule has 0 radical (unpaired) electrons. The van der Waals surface area contributed by atoms with Crippen molar-refractivity contribution in [1.29, 1.82) is 0 Å². The summed E-state index contributed by atoms with van der Waals surface area (Å²) >= 11 is 0. The fraction of sp³-hybridized carbons (Fsp3) is 0.410. The Balaban J connectivity index is 0.00000583. The molecule has 51 heavy (non-hydrogen) atoms. The number of carbonyl (C=O) groups excluding carboxylic acids is 4. The van der Waals surface area contributed by atoms with E-state index in [0.717, 1.165) is 34.7 Å². The second-order valence-electron chi connectivity index (χ2n) is 14.0. The van der Waals surface area contributed by atoms with E-state index in [9.17, 15) is 19.2 Å². The number of aromatic nitrogens is 2. The highest BCUT2D eigenvalue weighted by molar-refractivity contribution is 5.99. The molecular weight excluding hydrogens is 648 g/mol. The highest BCUT2D eigenvalue weighted by Crippen LogP contribution is 2.27. The summed E-state index contributed by atoms with van der Waals surface area (Å²) in [6.07, 6.45) is 4.21. The van der Waals surface area contributed by atoms with E-state index in [0.29, 0.717) is 18.8 Å². The minimum atomic E-state index is -1.42. The number of alkyl carbamates (subject to hydrolysis) is 1. The van der Waals surface area contributed by atoms with Crippen LogP contribution in [0.1, 0.15) is 72.1 Å². The van der Waals surface area contributed by atoms with Crippen LogP contribution in [0.15, 0.2) is 85.2 Å². The molecule has 1 aromatic heterocycles. The van der Waals surface area contributed by atoms with Crippen molar-refractivity contribution >= 4 is 40.3 Å². The van der Waals surface area contributed by atoms with Gasteiger partial charge in [0.2, 0.25) is 11.8 Å². The number of hydrogen-bond acceptors (Lipinski definition) is 7. The minimum Gasteiger partial charge on any atom is -0.444 e. The van der Waals surface area contributed by atoms with E-state index >= 15 is 0 Å². The smallest absolute Gasteiger partial charge is 0.408 e. The molecule has 3 N–H and O–H groups in total. The first-order chi connectivity index (χ1) is 23.8. The zero-order valence-electron chi connectivity index (χ0n) is 29.3. The van der Waals surface area contributed by atoms with Crippen molar-refractivity contribution in [2.75, 3.05) is 25.0 Å². The summed E-state index contributed by atoms with van der Waals surface area (Å²) in [5.74, 6) is -1.25. The van der Waals surface area contributed by atoms with Gasteiger partial charge in [0.05, 0.1) is 25.1 Å². The lowest BCUT2D eigenvalue weighted by Gasteiger charge is -2.29. The summed E-state index contributed by atoms with van der Waals surface area (Å²) in [5, 5.41) is 14.7. The number of anilines is 1. The lowest BCUT2D eigenvalue weighted by molar-refractivity contribution is -0.132. The summed E-state index contributed by atoms with van der Waals surface area (Å²) in [7, 11) is 0. The van der Waals surface area contributed by atoms with E-state index in [4.69, 9.17) is 9.47 Å². The first-order valence-corrected chi connectivity index (χ1v) is 16.9. The van der Waals surface area contributed by atoms with Crippen LogP contribution in [-0.4, -0.2) is 75.4 Å². The summed E-state index contributed by atoms with van der Waals surface area (Å²) in [5.41, 5.74) is -0.173. The normalized spacial score (nSPS) is 14.3. The summed E-state index contributed by atoms with van der Waals surface area (Å²) < 4.78 is 12.8. The van der Waals surface area contributed by atoms with Gasteiger partial charge in [0.1, 0.15) is 17.2 Å². The number of benzene rings is 3. The molecule has 0 saturated carbocycles. The zero-order valence-corrected chi connectivity index (χ0v) is 29.3. The van der Waals surface area contributed by atoms with Crippen molar-refractivity contribution in [3.63, 3.8) is 0 Å². The third-order valence-corrected chi connectivity index (χ3v) is 8.27. The van der Waals surface area contributed by atoms with Gasteiger partial charge in [-0.2, -0.15) is 5.10 Å². The Bertz CT molecular complexity index is 1810. The number of ether oxygens (including phenoxy) is 2. The lowest BCUT2D eigenvalue weighted by Crippen LogP contribution is -2.59. The Kier molecular flexibility index (Phi) is 12.6. The highest BCUT2D eigenvalue weighted by atomic mass is 16.6. The molecule has 12 nitrogen and oxygen atoms in total. The zero-order chi connectivity index (χ0) is 35.9. The maximum Gasteiger partial charge on any atom is 0.408 e. The third-order valence-electron chi connectivity index (χ3n) is 8.27. The molecule has 2 heterocycles. The van der Waals surface area contributed by atoms with E-state index in [1.54, 1.807) is 31.6 Å². The van der Waals surface area contributed by atoms with Gasteiger partial charge in [0.15, 0.2) is 6.04 Å². The van der Waals surface area contributed by atoms with Crippen molar-refractivity contribution in [2.24, 2.45) is 0 Å². The molecule has 1 saturated heterocycles. The standard InChI is InChI=1S/C38H46N6O6.CH4/c1-37(2,3)50-36(48)42-38(4,5)35(47)41-31(25-49-24-26-13-7-6-8-14-26)33(45)40-30-22-39-44(23-30)32(34(46)43-19-11-12-20-43)29-18-17-27-15-9-10-16-28(27)21-29;/h6-10,13-18,21-23,31-32H,11-12,19-20,24-25H2,1-5H3,(H,40,45)(H,41,47)(H,42,48);1H4/t31-,32?;/m1./s1. The van der Waals surface area contributed by atoms with E-state index in [-0.39, 0.29) is 26.5 Å². The maximum atomic E-state index is 13.9. The van der Waals surface area contributed by atoms with Crippen LogP contribution < -0.4 is 16.0 Å². The number of likely N-dealkylation sites (tertiary alicyclic amines) is 1. The molecule has 1 aliphatic rings. The van der Waals surface area contributed by atoms with Crippen molar-refractivity contribution in [3.05, 3.63) is 96.3 Å². The molecule has 1 unspecified atom stereocenters. The third kappa shape index (κ3) is 10.4. The molecule has 2 atom stereocenters. The molecule has 12 heteroatoms. The molecule has 5 rings (SSSR count). The van der Waals surface area contributed by atoms with Crippen LogP contribution in [0.4, 0.5) is 10.5 Å². The average Bonchev–Trinajstić information content (AvgIpc) is 3.77. The van der Waals surface area contributed by atoms with Crippen LogP contribution in [-0.2, 0) is 30.5 Å². The Morgan fingerprint density at radius 1 is 0.882 bits per heavy atom. The maximum absolute atomic E-state index is 13.9. The first kappa shape index (κ1) is 38.6. The highest BCUT2D eigenvalue weighted by Gasteiger charge is 2.35. The van der Waals surface area contributed by atoms with E-state index in [1.807, 2.05) is 77.7 Å². The van der Waals surface area contributed by atoms with Gasteiger partial charge in [0, 0.05) is 19.3 Å². The predicted molar refractivity (Wildman–Crippen MR) is 197 cm³/mol. The van der Waals surface area contributed by atoms with Gasteiger partial charge in [-0.3, -0.25) is 19.1 Å². The molecule has 1 aliphatic heterocycles. The molecule has 1 fully saturated rings. The number of amides is 4. The van der Waals surface area contributed by atoms with E-state index in [1.165, 1.54) is 20.0 Å². The molecule has 0 spiro atoms. The topological polar surface area (TPSA) is 144 Å². The predicted octanol–water partition coefficient (Wildman–Crippen LogP) is 5.83. The molecule has 0 aliphatic carbocycles. The minimum absolute atomic E-state index is 0. The number of fused-ring (bicyclic) bond motifs is 1. The summed E-state index contributed by atoms with van der Waals surface area (Å²) in [6, 6.07) is 21.4. The molecular formula is C39H50N6O6. The monoisotopic (exact) mass is 698 g/mol. The Morgan fingerprint density at radius 3 is 2.24 bits per heavy atom. The van der Waals surface area contributed by atoms with Crippen LogP contribution >= 0.6 is 0 Å². The van der Waals surface area contributed by atoms with Crippen molar-refractivity contribution in [1.82, 2.24) is 25.3 Å². The number of rotatable bonds is 12. The SMILES string of the molecule is C.CC(C)(C)OC(=O)NC(C)(C)C(=O)N[C@H](COCc1ccccc1)C(=O)Nc1cnn(C(C(=O)N2CCCC2)c2ccc3ccccc3c2)c1. The number of nitrogens with zero attached hydrogens (tertiary/aromatic N) is 3. The van der Waals surface area contributed by atoms with Gasteiger partial charge < -0.3 is 30.3 Å². The summed E-state index contributed by atoms with van der Waals surface area (Å²) in [4.78, 5) is 55.4. The van der Waals surface area contributed by atoms with Gasteiger partial charge in [-0.25, -0.2) is 4.79 Å². The average molecular weight is 699 g/mol. The van der Waals surface area contributed by atoms with E-state index < -0.39 is 41.1 Å². The number of hydrogen-bond donors (Lipinski definition) is 3. The second kappa shape index (κ2) is 16.7. The van der Waals surface area contributed by atoms with E-state index in [2.05, 4.69) is 21.0 Å². The van der Waals surface area contributed by atoms with Crippen LogP contribution in [0.25, 0.3) is 10.8 Å². The Labute approximate surface area is 299 Å². The largest absolute Gasteiger partial charge is 0.444 e. The van der Waals surface area contributed by atoms with Gasteiger partial charge in [-0.05, 0) is 75.4 Å². The Morgan fingerprint density at radius 2 is 1.55 bits per heavy atom. The number of nitrogens with one attached hydrogen (secondary N) is 3. The lowest BCUT2D eigenvalue weighted by atomic mass is 10.0.